The number of aromatic nitrogens is 1. The van der Waals surface area contributed by atoms with E-state index in [2.05, 4.69) is 22.1 Å². The molecule has 6 nitrogen and oxygen atoms in total. The van der Waals surface area contributed by atoms with Crippen LogP contribution in [-0.4, -0.2) is 52.8 Å². The summed E-state index contributed by atoms with van der Waals surface area (Å²) < 4.78 is 0. The molecule has 1 aliphatic rings. The van der Waals surface area contributed by atoms with Crippen LogP contribution in [0, 0.1) is 5.92 Å². The van der Waals surface area contributed by atoms with Crippen molar-refractivity contribution in [1.29, 1.82) is 0 Å². The SMILES string of the molecule is CC1CCN(CCCCCCCCNC[C@@H](O)c2ccc(O)c3[nH]c(=O)ccc23)CC1. The Bertz CT molecular complexity index is 859. The molecular formula is C25H39N3O3. The van der Waals surface area contributed by atoms with Gasteiger partial charge in [0, 0.05) is 18.0 Å². The number of unbranched alkanes of at least 4 members (excludes halogenated alkanes) is 5. The molecule has 1 fully saturated rings. The third kappa shape index (κ3) is 7.34. The Hall–Kier alpha value is -1.89. The van der Waals surface area contributed by atoms with Crippen LogP contribution >= 0.6 is 0 Å². The van der Waals surface area contributed by atoms with Crippen LogP contribution in [0.1, 0.15) is 70.0 Å². The second-order valence-electron chi connectivity index (χ2n) is 9.15. The second-order valence-corrected chi connectivity index (χ2v) is 9.15. The average Bonchev–Trinajstić information content (AvgIpc) is 2.76. The van der Waals surface area contributed by atoms with Crippen LogP contribution in [0.4, 0.5) is 0 Å². The van der Waals surface area contributed by atoms with Crippen molar-refractivity contribution in [2.75, 3.05) is 32.7 Å². The highest BCUT2D eigenvalue weighted by atomic mass is 16.3. The predicted molar refractivity (Wildman–Crippen MR) is 127 cm³/mol. The van der Waals surface area contributed by atoms with Gasteiger partial charge in [0.15, 0.2) is 0 Å². The summed E-state index contributed by atoms with van der Waals surface area (Å²) >= 11 is 0. The number of rotatable bonds is 12. The van der Waals surface area contributed by atoms with Gasteiger partial charge in [-0.3, -0.25) is 4.79 Å². The largest absolute Gasteiger partial charge is 0.506 e. The van der Waals surface area contributed by atoms with Crippen molar-refractivity contribution in [2.24, 2.45) is 5.92 Å². The first-order valence-corrected chi connectivity index (χ1v) is 12.0. The number of likely N-dealkylation sites (tertiary alicyclic amines) is 1. The number of aliphatic hydroxyl groups excluding tert-OH is 1. The standard InChI is InChI=1S/C25H39N3O3/c1-19-12-16-28(17-13-19)15-7-5-3-2-4-6-14-26-18-23(30)20-8-10-22(29)25-21(20)9-11-24(31)27-25/h8-11,19,23,26,29-30H,2-7,12-18H2,1H3,(H,27,31)/t23-/m1/s1. The molecule has 0 unspecified atom stereocenters. The highest BCUT2D eigenvalue weighted by Gasteiger charge is 2.15. The molecule has 0 radical (unpaired) electrons. The lowest BCUT2D eigenvalue weighted by atomic mass is 9.99. The molecule has 0 aliphatic carbocycles. The normalized spacial score (nSPS) is 16.7. The number of benzene rings is 1. The van der Waals surface area contributed by atoms with Gasteiger partial charge in [-0.05, 0) is 75.5 Å². The Labute approximate surface area is 185 Å². The van der Waals surface area contributed by atoms with Crippen LogP contribution in [0.3, 0.4) is 0 Å². The summed E-state index contributed by atoms with van der Waals surface area (Å²) in [4.78, 5) is 16.8. The molecule has 0 saturated carbocycles. The molecule has 0 spiro atoms. The van der Waals surface area contributed by atoms with Crippen LogP contribution in [0.2, 0.25) is 0 Å². The van der Waals surface area contributed by atoms with Crippen molar-refractivity contribution in [2.45, 2.75) is 64.4 Å². The number of aromatic hydroxyl groups is 1. The van der Waals surface area contributed by atoms with E-state index in [0.717, 1.165) is 18.9 Å². The van der Waals surface area contributed by atoms with Crippen molar-refractivity contribution < 1.29 is 10.2 Å². The number of aromatic amines is 1. The van der Waals surface area contributed by atoms with Gasteiger partial charge in [-0.2, -0.15) is 0 Å². The molecule has 1 saturated heterocycles. The Morgan fingerprint density at radius 3 is 2.55 bits per heavy atom. The summed E-state index contributed by atoms with van der Waals surface area (Å²) in [7, 11) is 0. The maximum atomic E-state index is 11.5. The van der Waals surface area contributed by atoms with E-state index in [9.17, 15) is 15.0 Å². The summed E-state index contributed by atoms with van der Waals surface area (Å²) in [5.74, 6) is 0.930. The van der Waals surface area contributed by atoms with Crippen LogP contribution in [-0.2, 0) is 0 Å². The van der Waals surface area contributed by atoms with Gasteiger partial charge in [0.2, 0.25) is 5.56 Å². The fourth-order valence-electron chi connectivity index (χ4n) is 4.48. The minimum Gasteiger partial charge on any atom is -0.506 e. The Balaban J connectivity index is 1.26. The molecule has 172 valence electrons. The summed E-state index contributed by atoms with van der Waals surface area (Å²) in [5, 5.41) is 24.5. The zero-order chi connectivity index (χ0) is 22.1. The van der Waals surface area contributed by atoms with E-state index in [1.807, 2.05) is 0 Å². The minimum absolute atomic E-state index is 0.0159. The third-order valence-electron chi connectivity index (χ3n) is 6.56. The van der Waals surface area contributed by atoms with Gasteiger partial charge in [-0.15, -0.1) is 0 Å². The number of piperidine rings is 1. The Kier molecular flexibility index (Phi) is 9.37. The molecule has 1 atom stereocenters. The Morgan fingerprint density at radius 2 is 1.77 bits per heavy atom. The number of nitrogens with one attached hydrogen (secondary N) is 2. The van der Waals surface area contributed by atoms with Gasteiger partial charge in [-0.1, -0.05) is 38.7 Å². The molecule has 6 heteroatoms. The number of fused-ring (bicyclic) bond motifs is 1. The number of nitrogens with zero attached hydrogens (tertiary/aromatic N) is 1. The maximum absolute atomic E-state index is 11.5. The average molecular weight is 430 g/mol. The number of aliphatic hydroxyl groups is 1. The number of H-pyrrole nitrogens is 1. The quantitative estimate of drug-likeness (QED) is 0.384. The zero-order valence-corrected chi connectivity index (χ0v) is 18.9. The summed E-state index contributed by atoms with van der Waals surface area (Å²) in [6.45, 7) is 7.55. The van der Waals surface area contributed by atoms with Crippen molar-refractivity contribution in [3.63, 3.8) is 0 Å². The molecule has 0 amide bonds. The van der Waals surface area contributed by atoms with Crippen molar-refractivity contribution in [1.82, 2.24) is 15.2 Å². The molecule has 0 bridgehead atoms. The van der Waals surface area contributed by atoms with E-state index in [0.29, 0.717) is 23.0 Å². The molecule has 3 rings (SSSR count). The highest BCUT2D eigenvalue weighted by Crippen LogP contribution is 2.28. The van der Waals surface area contributed by atoms with E-state index in [4.69, 9.17) is 0 Å². The van der Waals surface area contributed by atoms with Gasteiger partial charge < -0.3 is 25.4 Å². The number of hydrogen-bond acceptors (Lipinski definition) is 5. The third-order valence-corrected chi connectivity index (χ3v) is 6.56. The van der Waals surface area contributed by atoms with Crippen molar-refractivity contribution in [3.8, 4) is 5.75 Å². The van der Waals surface area contributed by atoms with E-state index in [-0.39, 0.29) is 11.3 Å². The van der Waals surface area contributed by atoms with Gasteiger partial charge in [0.05, 0.1) is 11.6 Å². The maximum Gasteiger partial charge on any atom is 0.248 e. The van der Waals surface area contributed by atoms with E-state index in [1.165, 1.54) is 76.7 Å². The summed E-state index contributed by atoms with van der Waals surface area (Å²) in [6, 6.07) is 6.30. The molecule has 4 N–H and O–H groups in total. The molecule has 2 aromatic rings. The van der Waals surface area contributed by atoms with E-state index in [1.54, 1.807) is 12.1 Å². The number of phenols is 1. The monoisotopic (exact) mass is 429 g/mol. The number of hydrogen-bond donors (Lipinski definition) is 4. The van der Waals surface area contributed by atoms with Crippen molar-refractivity contribution >= 4 is 10.9 Å². The van der Waals surface area contributed by atoms with Crippen LogP contribution in [0.25, 0.3) is 10.9 Å². The highest BCUT2D eigenvalue weighted by molar-refractivity contribution is 5.87. The molecule has 1 aromatic carbocycles. The topological polar surface area (TPSA) is 88.6 Å². The first-order valence-electron chi connectivity index (χ1n) is 12.0. The van der Waals surface area contributed by atoms with E-state index >= 15 is 0 Å². The second kappa shape index (κ2) is 12.2. The lowest BCUT2D eigenvalue weighted by Gasteiger charge is -2.30. The summed E-state index contributed by atoms with van der Waals surface area (Å²) in [6.07, 6.45) is 9.61. The van der Waals surface area contributed by atoms with Crippen LogP contribution < -0.4 is 10.9 Å². The molecule has 2 heterocycles. The van der Waals surface area contributed by atoms with Crippen LogP contribution in [0.5, 0.6) is 5.75 Å². The lowest BCUT2D eigenvalue weighted by Crippen LogP contribution is -2.33. The molecule has 1 aliphatic heterocycles. The first-order chi connectivity index (χ1) is 15.0. The summed E-state index contributed by atoms with van der Waals surface area (Å²) in [5.41, 5.74) is 0.812. The van der Waals surface area contributed by atoms with Gasteiger partial charge in [0.25, 0.3) is 0 Å². The number of pyridine rings is 1. The van der Waals surface area contributed by atoms with Gasteiger partial charge in [-0.25, -0.2) is 0 Å². The minimum atomic E-state index is -0.688. The number of phenolic OH excluding ortho intramolecular Hbond substituents is 1. The smallest absolute Gasteiger partial charge is 0.248 e. The fraction of sp³-hybridized carbons (Fsp3) is 0.640. The molecule has 1 aromatic heterocycles. The van der Waals surface area contributed by atoms with Crippen molar-refractivity contribution in [3.05, 3.63) is 40.2 Å². The zero-order valence-electron chi connectivity index (χ0n) is 18.9. The van der Waals surface area contributed by atoms with Crippen LogP contribution in [0.15, 0.2) is 29.1 Å². The van der Waals surface area contributed by atoms with E-state index < -0.39 is 6.10 Å². The predicted octanol–water partition coefficient (Wildman–Crippen LogP) is 3.93. The lowest BCUT2D eigenvalue weighted by molar-refractivity contribution is 0.176. The van der Waals surface area contributed by atoms with Gasteiger partial charge >= 0.3 is 0 Å². The molecule has 31 heavy (non-hydrogen) atoms. The van der Waals surface area contributed by atoms with Gasteiger partial charge in [0.1, 0.15) is 5.75 Å². The Morgan fingerprint density at radius 1 is 1.06 bits per heavy atom. The molecular weight excluding hydrogens is 390 g/mol. The fourth-order valence-corrected chi connectivity index (χ4v) is 4.48. The first kappa shape index (κ1) is 23.8.